The minimum Gasteiger partial charge on any atom is -0.398 e. The average Bonchev–Trinajstić information content (AvgIpc) is 2.38. The van der Waals surface area contributed by atoms with Gasteiger partial charge in [-0.1, -0.05) is 15.9 Å². The fraction of sp³-hybridized carbons (Fsp3) is 0.143. The van der Waals surface area contributed by atoms with Gasteiger partial charge in [0.25, 0.3) is 10.0 Å². The summed E-state index contributed by atoms with van der Waals surface area (Å²) in [4.78, 5) is 0.151. The lowest BCUT2D eigenvalue weighted by Gasteiger charge is -2.12. The monoisotopic (exact) mass is 432 g/mol. The molecule has 2 rings (SSSR count). The number of rotatable bonds is 3. The summed E-state index contributed by atoms with van der Waals surface area (Å²) in [6.07, 6.45) is 0. The van der Waals surface area contributed by atoms with Crippen LogP contribution in [0.1, 0.15) is 11.1 Å². The Morgan fingerprint density at radius 2 is 1.76 bits per heavy atom. The van der Waals surface area contributed by atoms with E-state index < -0.39 is 10.0 Å². The first kappa shape index (κ1) is 16.3. The molecule has 0 amide bonds. The van der Waals surface area contributed by atoms with Crippen LogP contribution in [0.25, 0.3) is 0 Å². The Kier molecular flexibility index (Phi) is 4.65. The van der Waals surface area contributed by atoms with Crippen LogP contribution in [0, 0.1) is 13.8 Å². The minimum absolute atomic E-state index is 0.151. The number of nitrogen functional groups attached to an aromatic ring is 1. The number of hydrogen-bond donors (Lipinski definition) is 2. The van der Waals surface area contributed by atoms with Crippen LogP contribution in [0.15, 0.2) is 44.2 Å². The normalized spacial score (nSPS) is 11.4. The molecule has 112 valence electrons. The summed E-state index contributed by atoms with van der Waals surface area (Å²) < 4.78 is 29.0. The Morgan fingerprint density at radius 3 is 2.33 bits per heavy atom. The van der Waals surface area contributed by atoms with Crippen molar-refractivity contribution in [2.45, 2.75) is 18.7 Å². The van der Waals surface area contributed by atoms with Gasteiger partial charge in [0, 0.05) is 14.6 Å². The summed E-state index contributed by atoms with van der Waals surface area (Å²) in [6.45, 7) is 3.69. The van der Waals surface area contributed by atoms with Gasteiger partial charge in [-0.25, -0.2) is 8.42 Å². The van der Waals surface area contributed by atoms with Gasteiger partial charge in [0.05, 0.1) is 10.6 Å². The van der Waals surface area contributed by atoms with E-state index in [4.69, 9.17) is 5.73 Å². The van der Waals surface area contributed by atoms with Crippen LogP contribution >= 0.6 is 31.9 Å². The van der Waals surface area contributed by atoms with Crippen molar-refractivity contribution in [2.75, 3.05) is 10.5 Å². The van der Waals surface area contributed by atoms with Gasteiger partial charge in [0.2, 0.25) is 0 Å². The number of nitrogens with two attached hydrogens (primary N) is 1. The van der Waals surface area contributed by atoms with E-state index >= 15 is 0 Å². The van der Waals surface area contributed by atoms with Gasteiger partial charge in [-0.05, 0) is 71.2 Å². The molecule has 0 saturated heterocycles. The topological polar surface area (TPSA) is 72.2 Å². The van der Waals surface area contributed by atoms with Gasteiger partial charge in [0.1, 0.15) is 0 Å². The quantitative estimate of drug-likeness (QED) is 0.712. The highest BCUT2D eigenvalue weighted by Gasteiger charge is 2.17. The zero-order valence-corrected chi connectivity index (χ0v) is 15.4. The largest absolute Gasteiger partial charge is 0.398 e. The number of sulfonamides is 1. The second-order valence-corrected chi connectivity index (χ2v) is 8.14. The number of anilines is 2. The molecule has 0 aliphatic rings. The van der Waals surface area contributed by atoms with E-state index in [1.54, 1.807) is 24.3 Å². The summed E-state index contributed by atoms with van der Waals surface area (Å²) in [5.41, 5.74) is 8.51. The van der Waals surface area contributed by atoms with Crippen molar-refractivity contribution in [3.8, 4) is 0 Å². The second kappa shape index (κ2) is 5.98. The molecule has 0 aromatic heterocycles. The fourth-order valence-electron chi connectivity index (χ4n) is 1.78. The minimum atomic E-state index is -3.69. The highest BCUT2D eigenvalue weighted by molar-refractivity contribution is 9.11. The fourth-order valence-corrected chi connectivity index (χ4v) is 4.26. The van der Waals surface area contributed by atoms with Gasteiger partial charge in [-0.3, -0.25) is 4.72 Å². The van der Waals surface area contributed by atoms with Crippen molar-refractivity contribution in [1.82, 2.24) is 0 Å². The molecule has 0 aliphatic heterocycles. The summed E-state index contributed by atoms with van der Waals surface area (Å²) in [5.74, 6) is 0. The van der Waals surface area contributed by atoms with E-state index in [1.807, 2.05) is 13.8 Å². The SMILES string of the molecule is Cc1cc(S(=O)(=O)Nc2ccc(Br)cc2Br)cc(N)c1C. The third kappa shape index (κ3) is 3.59. The Hall–Kier alpha value is -1.05. The van der Waals surface area contributed by atoms with E-state index in [0.717, 1.165) is 15.6 Å². The molecule has 3 N–H and O–H groups in total. The van der Waals surface area contributed by atoms with E-state index in [2.05, 4.69) is 36.6 Å². The molecule has 0 saturated carbocycles. The number of aryl methyl sites for hydroxylation is 1. The van der Waals surface area contributed by atoms with Crippen molar-refractivity contribution in [2.24, 2.45) is 0 Å². The van der Waals surface area contributed by atoms with Crippen LogP contribution in [-0.2, 0) is 10.0 Å². The lowest BCUT2D eigenvalue weighted by atomic mass is 10.1. The molecule has 0 atom stereocenters. The first-order chi connectivity index (χ1) is 9.70. The highest BCUT2D eigenvalue weighted by atomic mass is 79.9. The average molecular weight is 434 g/mol. The van der Waals surface area contributed by atoms with Crippen LogP contribution in [0.4, 0.5) is 11.4 Å². The van der Waals surface area contributed by atoms with Crippen LogP contribution in [-0.4, -0.2) is 8.42 Å². The molecule has 2 aromatic rings. The molecule has 4 nitrogen and oxygen atoms in total. The maximum atomic E-state index is 12.5. The summed E-state index contributed by atoms with van der Waals surface area (Å²) >= 11 is 6.66. The van der Waals surface area contributed by atoms with Gasteiger partial charge in [-0.15, -0.1) is 0 Å². The molecule has 0 spiro atoms. The van der Waals surface area contributed by atoms with E-state index in [-0.39, 0.29) is 4.90 Å². The van der Waals surface area contributed by atoms with Crippen LogP contribution in [0.5, 0.6) is 0 Å². The predicted octanol–water partition coefficient (Wildman–Crippen LogP) is 4.21. The van der Waals surface area contributed by atoms with E-state index in [1.165, 1.54) is 6.07 Å². The Balaban J connectivity index is 2.43. The number of halogens is 2. The summed E-state index contributed by atoms with van der Waals surface area (Å²) in [6, 6.07) is 8.29. The molecule has 0 bridgehead atoms. The molecule has 0 aliphatic carbocycles. The third-order valence-corrected chi connectivity index (χ3v) is 5.66. The third-order valence-electron chi connectivity index (χ3n) is 3.17. The molecule has 0 unspecified atom stereocenters. The first-order valence-corrected chi connectivity index (χ1v) is 9.12. The molecule has 7 heteroatoms. The van der Waals surface area contributed by atoms with Gasteiger partial charge < -0.3 is 5.73 Å². The lowest BCUT2D eigenvalue weighted by molar-refractivity contribution is 0.601. The number of nitrogens with one attached hydrogen (secondary N) is 1. The molecule has 21 heavy (non-hydrogen) atoms. The van der Waals surface area contributed by atoms with Crippen molar-refractivity contribution in [3.05, 3.63) is 50.4 Å². The molecule has 0 radical (unpaired) electrons. The smallest absolute Gasteiger partial charge is 0.262 e. The van der Waals surface area contributed by atoms with Crippen molar-refractivity contribution in [3.63, 3.8) is 0 Å². The summed E-state index contributed by atoms with van der Waals surface area (Å²) in [7, 11) is -3.69. The number of benzene rings is 2. The molecule has 0 heterocycles. The van der Waals surface area contributed by atoms with Crippen molar-refractivity contribution in [1.29, 1.82) is 0 Å². The Labute approximate surface area is 141 Å². The molecular formula is C14H14Br2N2O2S. The highest BCUT2D eigenvalue weighted by Crippen LogP contribution is 2.29. The van der Waals surface area contributed by atoms with Crippen LogP contribution in [0.2, 0.25) is 0 Å². The van der Waals surface area contributed by atoms with Gasteiger partial charge >= 0.3 is 0 Å². The zero-order valence-electron chi connectivity index (χ0n) is 11.4. The van der Waals surface area contributed by atoms with E-state index in [0.29, 0.717) is 15.8 Å². The zero-order chi connectivity index (χ0) is 15.8. The van der Waals surface area contributed by atoms with Crippen LogP contribution < -0.4 is 10.5 Å². The maximum Gasteiger partial charge on any atom is 0.262 e. The van der Waals surface area contributed by atoms with Gasteiger partial charge in [-0.2, -0.15) is 0 Å². The van der Waals surface area contributed by atoms with Gasteiger partial charge in [0.15, 0.2) is 0 Å². The lowest BCUT2D eigenvalue weighted by Crippen LogP contribution is -2.14. The summed E-state index contributed by atoms with van der Waals surface area (Å²) in [5, 5.41) is 0. The maximum absolute atomic E-state index is 12.5. The second-order valence-electron chi connectivity index (χ2n) is 4.68. The molecular weight excluding hydrogens is 420 g/mol. The van der Waals surface area contributed by atoms with Crippen molar-refractivity contribution < 1.29 is 8.42 Å². The van der Waals surface area contributed by atoms with Crippen molar-refractivity contribution >= 4 is 53.3 Å². The van der Waals surface area contributed by atoms with E-state index in [9.17, 15) is 8.42 Å². The van der Waals surface area contributed by atoms with Crippen LogP contribution in [0.3, 0.4) is 0 Å². The standard InChI is InChI=1S/C14H14Br2N2O2S/c1-8-5-11(7-13(17)9(8)2)21(19,20)18-14-4-3-10(15)6-12(14)16/h3-7,18H,17H2,1-2H3. The molecule has 2 aromatic carbocycles. The predicted molar refractivity (Wildman–Crippen MR) is 93.0 cm³/mol. The number of hydrogen-bond acceptors (Lipinski definition) is 3. The Morgan fingerprint density at radius 1 is 1.10 bits per heavy atom. The Bertz CT molecular complexity index is 782. The molecule has 0 fully saturated rings. The first-order valence-electron chi connectivity index (χ1n) is 6.05.